The first-order chi connectivity index (χ1) is 30.9. The molecule has 0 radical (unpaired) electrons. The van der Waals surface area contributed by atoms with Gasteiger partial charge in [0.2, 0.25) is 0 Å². The van der Waals surface area contributed by atoms with Gasteiger partial charge in [-0.25, -0.2) is 15.0 Å². The fraction of sp³-hybridized carbons (Fsp3) is 0.150. The maximum atomic E-state index is 5.08. The molecule has 1 fully saturated rings. The van der Waals surface area contributed by atoms with Crippen molar-refractivity contribution in [3.8, 4) is 89.8 Å². The molecule has 8 aromatic carbocycles. The molecule has 3 aliphatic carbocycles. The minimum Gasteiger partial charge on any atom is -0.208 e. The van der Waals surface area contributed by atoms with Gasteiger partial charge in [-0.05, 0) is 115 Å². The van der Waals surface area contributed by atoms with Gasteiger partial charge in [-0.3, -0.25) is 0 Å². The SMILES string of the molecule is CC1(C)c2ccccc2-c2cc3c(cc21)-c1cc(-c2ccc(-c4cccc(-c5nc(-c6ccccc6)nc(-c6ccc(-c7ccccc7)cc6)n5)c4)cc2)ccc1C31CCCCC1. The Morgan fingerprint density at radius 2 is 0.746 bits per heavy atom. The molecule has 0 bridgehead atoms. The van der Waals surface area contributed by atoms with Crippen molar-refractivity contribution < 1.29 is 0 Å². The molecule has 302 valence electrons. The number of benzene rings is 8. The van der Waals surface area contributed by atoms with E-state index in [4.69, 9.17) is 15.0 Å². The van der Waals surface area contributed by atoms with Crippen LogP contribution >= 0.6 is 0 Å². The zero-order valence-corrected chi connectivity index (χ0v) is 35.8. The van der Waals surface area contributed by atoms with E-state index in [0.717, 1.165) is 33.4 Å². The van der Waals surface area contributed by atoms with Crippen molar-refractivity contribution in [3.63, 3.8) is 0 Å². The van der Waals surface area contributed by atoms with Crippen molar-refractivity contribution in [2.75, 3.05) is 0 Å². The molecular weight excluding hydrogens is 763 g/mol. The Morgan fingerprint density at radius 3 is 1.43 bits per heavy atom. The molecule has 63 heavy (non-hydrogen) atoms. The van der Waals surface area contributed by atoms with Crippen LogP contribution in [0.15, 0.2) is 188 Å². The average molecular weight is 810 g/mol. The summed E-state index contributed by atoms with van der Waals surface area (Å²) in [4.78, 5) is 15.1. The third kappa shape index (κ3) is 6.21. The van der Waals surface area contributed by atoms with Crippen LogP contribution in [0.25, 0.3) is 89.8 Å². The number of nitrogens with zero attached hydrogens (tertiary/aromatic N) is 3. The molecule has 1 heterocycles. The number of hydrogen-bond acceptors (Lipinski definition) is 3. The van der Waals surface area contributed by atoms with E-state index in [9.17, 15) is 0 Å². The van der Waals surface area contributed by atoms with Crippen LogP contribution in [0.2, 0.25) is 0 Å². The zero-order chi connectivity index (χ0) is 42.1. The van der Waals surface area contributed by atoms with Crippen LogP contribution in [0, 0.1) is 0 Å². The Labute approximate surface area is 370 Å². The first-order valence-corrected chi connectivity index (χ1v) is 22.6. The second-order valence-electron chi connectivity index (χ2n) is 18.3. The van der Waals surface area contributed by atoms with Crippen molar-refractivity contribution in [3.05, 3.63) is 210 Å². The topological polar surface area (TPSA) is 38.7 Å². The number of fused-ring (bicyclic) bond motifs is 8. The summed E-state index contributed by atoms with van der Waals surface area (Å²) < 4.78 is 0. The van der Waals surface area contributed by atoms with Crippen LogP contribution in [-0.4, -0.2) is 15.0 Å². The van der Waals surface area contributed by atoms with Crippen LogP contribution in [0.5, 0.6) is 0 Å². The Hall–Kier alpha value is -7.23. The fourth-order valence-electron chi connectivity index (χ4n) is 11.1. The van der Waals surface area contributed by atoms with Crippen molar-refractivity contribution in [1.29, 1.82) is 0 Å². The summed E-state index contributed by atoms with van der Waals surface area (Å²) in [5.41, 5.74) is 21.7. The smallest absolute Gasteiger partial charge is 0.164 e. The van der Waals surface area contributed by atoms with E-state index >= 15 is 0 Å². The van der Waals surface area contributed by atoms with Gasteiger partial charge in [-0.2, -0.15) is 0 Å². The standard InChI is InChI=1S/C60H47N3/c1-59(2)52-22-11-10-21-48(52)50-38-55-51(37-54(50)59)49-36-46(31-32-53(49)60(55)33-12-5-13-34-60)42-25-23-41(24-26-42)45-19-14-20-47(35-45)58-62-56(43-17-8-4-9-18-43)61-57(63-58)44-29-27-40(28-30-44)39-15-6-3-7-16-39/h3-4,6-11,14-32,35-38H,5,12-13,33-34H2,1-2H3. The maximum absolute atomic E-state index is 5.08. The van der Waals surface area contributed by atoms with Gasteiger partial charge in [-0.15, -0.1) is 0 Å². The normalized spacial score (nSPS) is 15.1. The largest absolute Gasteiger partial charge is 0.208 e. The van der Waals surface area contributed by atoms with E-state index in [1.165, 1.54) is 87.7 Å². The van der Waals surface area contributed by atoms with Crippen LogP contribution < -0.4 is 0 Å². The molecule has 0 unspecified atom stereocenters. The van der Waals surface area contributed by atoms with Crippen molar-refractivity contribution in [1.82, 2.24) is 15.0 Å². The van der Waals surface area contributed by atoms with Crippen LogP contribution in [0.4, 0.5) is 0 Å². The zero-order valence-electron chi connectivity index (χ0n) is 35.8. The molecule has 0 saturated heterocycles. The van der Waals surface area contributed by atoms with Crippen LogP contribution in [0.1, 0.15) is 68.2 Å². The summed E-state index contributed by atoms with van der Waals surface area (Å²) in [5, 5.41) is 0. The highest BCUT2D eigenvalue weighted by Crippen LogP contribution is 2.60. The monoisotopic (exact) mass is 809 g/mol. The lowest BCUT2D eigenvalue weighted by Crippen LogP contribution is -2.28. The minimum absolute atomic E-state index is 0.0285. The second-order valence-corrected chi connectivity index (χ2v) is 18.3. The van der Waals surface area contributed by atoms with Crippen molar-refractivity contribution in [2.45, 2.75) is 56.8 Å². The summed E-state index contributed by atoms with van der Waals surface area (Å²) >= 11 is 0. The summed E-state index contributed by atoms with van der Waals surface area (Å²) in [5.74, 6) is 1.95. The third-order valence-corrected chi connectivity index (χ3v) is 14.4. The summed E-state index contributed by atoms with van der Waals surface area (Å²) in [6.07, 6.45) is 6.36. The molecule has 3 heteroatoms. The Kier molecular flexibility index (Phi) is 8.76. The van der Waals surface area contributed by atoms with Gasteiger partial charge in [0.25, 0.3) is 0 Å². The van der Waals surface area contributed by atoms with Gasteiger partial charge in [0, 0.05) is 27.5 Å². The molecule has 1 spiro atoms. The van der Waals surface area contributed by atoms with Gasteiger partial charge in [-0.1, -0.05) is 197 Å². The van der Waals surface area contributed by atoms with Crippen LogP contribution in [0.3, 0.4) is 0 Å². The van der Waals surface area contributed by atoms with Gasteiger partial charge in [0.1, 0.15) is 0 Å². The summed E-state index contributed by atoms with van der Waals surface area (Å²) in [6.45, 7) is 4.80. The number of rotatable bonds is 6. The maximum Gasteiger partial charge on any atom is 0.164 e. The van der Waals surface area contributed by atoms with Gasteiger partial charge in [0.15, 0.2) is 17.5 Å². The van der Waals surface area contributed by atoms with E-state index in [-0.39, 0.29) is 10.8 Å². The fourth-order valence-corrected chi connectivity index (χ4v) is 11.1. The predicted molar refractivity (Wildman–Crippen MR) is 259 cm³/mol. The third-order valence-electron chi connectivity index (χ3n) is 14.4. The van der Waals surface area contributed by atoms with E-state index in [1.807, 2.05) is 24.3 Å². The lowest BCUT2D eigenvalue weighted by molar-refractivity contribution is 0.353. The molecule has 0 N–H and O–H groups in total. The molecule has 3 nitrogen and oxygen atoms in total. The predicted octanol–water partition coefficient (Wildman–Crippen LogP) is 15.4. The highest BCUT2D eigenvalue weighted by molar-refractivity contribution is 5.91. The Balaban J connectivity index is 0.884. The molecular formula is C60H47N3. The summed E-state index contributed by atoms with van der Waals surface area (Å²) in [7, 11) is 0. The molecule has 0 aliphatic heterocycles. The lowest BCUT2D eigenvalue weighted by atomic mass is 9.67. The molecule has 1 saturated carbocycles. The molecule has 1 aromatic heterocycles. The highest BCUT2D eigenvalue weighted by Gasteiger charge is 2.46. The van der Waals surface area contributed by atoms with E-state index in [2.05, 4.69) is 178 Å². The number of aromatic nitrogens is 3. The van der Waals surface area contributed by atoms with E-state index in [1.54, 1.807) is 5.56 Å². The molecule has 12 rings (SSSR count). The first-order valence-electron chi connectivity index (χ1n) is 22.6. The van der Waals surface area contributed by atoms with E-state index < -0.39 is 0 Å². The molecule has 0 atom stereocenters. The quantitative estimate of drug-likeness (QED) is 0.168. The van der Waals surface area contributed by atoms with Crippen molar-refractivity contribution in [2.24, 2.45) is 0 Å². The molecule has 9 aromatic rings. The minimum atomic E-state index is -0.0285. The second kappa shape index (κ2) is 14.7. The van der Waals surface area contributed by atoms with Gasteiger partial charge in [0.05, 0.1) is 0 Å². The number of hydrogen-bond donors (Lipinski definition) is 0. The van der Waals surface area contributed by atoms with Gasteiger partial charge < -0.3 is 0 Å². The summed E-state index contributed by atoms with van der Waals surface area (Å²) in [6, 6.07) is 68.4. The van der Waals surface area contributed by atoms with Gasteiger partial charge >= 0.3 is 0 Å². The molecule has 3 aliphatic rings. The molecule has 0 amide bonds. The van der Waals surface area contributed by atoms with E-state index in [0.29, 0.717) is 17.5 Å². The van der Waals surface area contributed by atoms with Crippen LogP contribution in [-0.2, 0) is 10.8 Å². The highest BCUT2D eigenvalue weighted by atomic mass is 15.0. The Morgan fingerprint density at radius 1 is 0.302 bits per heavy atom. The van der Waals surface area contributed by atoms with Crippen molar-refractivity contribution >= 4 is 0 Å². The Bertz CT molecular complexity index is 3190. The average Bonchev–Trinajstić information content (AvgIpc) is 3.74. The lowest BCUT2D eigenvalue weighted by Gasteiger charge is -2.36. The first kappa shape index (κ1) is 37.5.